The first-order valence-corrected chi connectivity index (χ1v) is 10.6. The van der Waals surface area contributed by atoms with Crippen molar-refractivity contribution in [1.82, 2.24) is 9.55 Å². The molecule has 0 unspecified atom stereocenters. The number of esters is 1. The third kappa shape index (κ3) is 4.13. The third-order valence-electron chi connectivity index (χ3n) is 5.22. The zero-order valence-electron chi connectivity index (χ0n) is 17.1. The van der Waals surface area contributed by atoms with Crippen LogP contribution in [-0.2, 0) is 6.54 Å². The molecule has 0 N–H and O–H groups in total. The number of fused-ring (bicyclic) bond motifs is 1. The maximum Gasteiger partial charge on any atom is 0.343 e. The first-order valence-electron chi connectivity index (χ1n) is 10.2. The molecule has 1 aromatic heterocycles. The quantitative estimate of drug-likeness (QED) is 0.228. The highest BCUT2D eigenvalue weighted by molar-refractivity contribution is 6.30. The van der Waals surface area contributed by atoms with E-state index in [1.165, 1.54) is 5.56 Å². The number of aromatic nitrogens is 2. The lowest BCUT2D eigenvalue weighted by Crippen LogP contribution is -2.08. The molecule has 0 bridgehead atoms. The van der Waals surface area contributed by atoms with Crippen LogP contribution in [-0.4, -0.2) is 15.5 Å². The molecule has 0 atom stereocenters. The molecule has 0 spiro atoms. The summed E-state index contributed by atoms with van der Waals surface area (Å²) in [5.74, 6) is 0.879. The summed E-state index contributed by atoms with van der Waals surface area (Å²) in [6.07, 6.45) is 0. The second kappa shape index (κ2) is 8.69. The summed E-state index contributed by atoms with van der Waals surface area (Å²) in [6, 6.07) is 32.5. The van der Waals surface area contributed by atoms with Gasteiger partial charge in [0, 0.05) is 17.1 Å². The Kier molecular flexibility index (Phi) is 5.44. The van der Waals surface area contributed by atoms with Gasteiger partial charge >= 0.3 is 5.97 Å². The van der Waals surface area contributed by atoms with Gasteiger partial charge in [0.2, 0.25) is 0 Å². The Hall–Kier alpha value is -3.89. The number of halogens is 1. The predicted molar refractivity (Wildman–Crippen MR) is 127 cm³/mol. The fraction of sp³-hybridized carbons (Fsp3) is 0.0370. The van der Waals surface area contributed by atoms with Crippen molar-refractivity contribution >= 4 is 28.6 Å². The Morgan fingerprint density at radius 3 is 2.38 bits per heavy atom. The van der Waals surface area contributed by atoms with Crippen molar-refractivity contribution in [3.05, 3.63) is 119 Å². The summed E-state index contributed by atoms with van der Waals surface area (Å²) < 4.78 is 7.71. The van der Waals surface area contributed by atoms with Gasteiger partial charge in [-0.25, -0.2) is 9.78 Å². The first kappa shape index (κ1) is 20.0. The number of benzene rings is 4. The number of carbonyl (C=O) groups excluding carboxylic acids is 1. The van der Waals surface area contributed by atoms with E-state index in [-0.39, 0.29) is 0 Å². The summed E-state index contributed by atoms with van der Waals surface area (Å²) in [4.78, 5) is 17.3. The number of para-hydroxylation sites is 2. The minimum Gasteiger partial charge on any atom is -0.423 e. The number of ether oxygens (including phenoxy) is 1. The second-order valence-electron chi connectivity index (χ2n) is 7.42. The van der Waals surface area contributed by atoms with Crippen molar-refractivity contribution in [2.45, 2.75) is 6.54 Å². The molecule has 5 rings (SSSR count). The van der Waals surface area contributed by atoms with Crippen LogP contribution in [0.1, 0.15) is 15.9 Å². The fourth-order valence-electron chi connectivity index (χ4n) is 3.68. The Morgan fingerprint density at radius 2 is 1.59 bits per heavy atom. The van der Waals surface area contributed by atoms with Crippen LogP contribution < -0.4 is 4.74 Å². The molecule has 0 fully saturated rings. The van der Waals surface area contributed by atoms with Gasteiger partial charge < -0.3 is 9.30 Å². The van der Waals surface area contributed by atoms with Crippen molar-refractivity contribution in [1.29, 1.82) is 0 Å². The Balaban J connectivity index is 1.45. The maximum absolute atomic E-state index is 12.4. The van der Waals surface area contributed by atoms with E-state index in [9.17, 15) is 4.79 Å². The van der Waals surface area contributed by atoms with Crippen LogP contribution in [0.15, 0.2) is 103 Å². The summed E-state index contributed by atoms with van der Waals surface area (Å²) in [5.41, 5.74) is 4.56. The van der Waals surface area contributed by atoms with E-state index < -0.39 is 5.97 Å². The van der Waals surface area contributed by atoms with Gasteiger partial charge in [-0.05, 0) is 60.2 Å². The van der Waals surface area contributed by atoms with Crippen LogP contribution in [0.25, 0.3) is 22.4 Å². The van der Waals surface area contributed by atoms with Crippen molar-refractivity contribution < 1.29 is 9.53 Å². The monoisotopic (exact) mass is 438 g/mol. The minimum absolute atomic E-state index is 0.409. The zero-order valence-corrected chi connectivity index (χ0v) is 17.9. The Morgan fingerprint density at radius 1 is 0.844 bits per heavy atom. The second-order valence-corrected chi connectivity index (χ2v) is 7.86. The third-order valence-corrected chi connectivity index (χ3v) is 5.46. The number of carbonyl (C=O) groups is 1. The highest BCUT2D eigenvalue weighted by atomic mass is 35.5. The van der Waals surface area contributed by atoms with E-state index in [4.69, 9.17) is 21.3 Å². The highest BCUT2D eigenvalue weighted by Crippen LogP contribution is 2.28. The van der Waals surface area contributed by atoms with Crippen LogP contribution in [0, 0.1) is 0 Å². The molecule has 0 amide bonds. The topological polar surface area (TPSA) is 44.1 Å². The van der Waals surface area contributed by atoms with Gasteiger partial charge in [-0.2, -0.15) is 0 Å². The van der Waals surface area contributed by atoms with Crippen molar-refractivity contribution in [2.24, 2.45) is 0 Å². The molecule has 0 aliphatic heterocycles. The molecule has 0 radical (unpaired) electrons. The van der Waals surface area contributed by atoms with E-state index in [0.29, 0.717) is 22.9 Å². The molecule has 1 heterocycles. The smallest absolute Gasteiger partial charge is 0.343 e. The van der Waals surface area contributed by atoms with E-state index in [1.54, 1.807) is 36.4 Å². The van der Waals surface area contributed by atoms with Crippen LogP contribution in [0.3, 0.4) is 0 Å². The Bertz CT molecular complexity index is 1390. The summed E-state index contributed by atoms with van der Waals surface area (Å²) in [5, 5.41) is 0.493. The molecule has 4 aromatic carbocycles. The number of hydrogen-bond acceptors (Lipinski definition) is 3. The van der Waals surface area contributed by atoms with Gasteiger partial charge in [-0.3, -0.25) is 0 Å². The van der Waals surface area contributed by atoms with Gasteiger partial charge in [0.05, 0.1) is 16.6 Å². The molecular formula is C27H19ClN2O2. The molecule has 5 aromatic rings. The van der Waals surface area contributed by atoms with Crippen LogP contribution in [0.4, 0.5) is 0 Å². The minimum atomic E-state index is -0.448. The van der Waals surface area contributed by atoms with Crippen molar-refractivity contribution in [3.8, 4) is 17.1 Å². The average molecular weight is 439 g/mol. The first-order chi connectivity index (χ1) is 15.7. The normalized spacial score (nSPS) is 10.9. The van der Waals surface area contributed by atoms with E-state index in [0.717, 1.165) is 22.4 Å². The van der Waals surface area contributed by atoms with Crippen LogP contribution in [0.2, 0.25) is 5.02 Å². The summed E-state index contributed by atoms with van der Waals surface area (Å²) in [6.45, 7) is 0.711. The summed E-state index contributed by atoms with van der Waals surface area (Å²) >= 11 is 5.97. The molecule has 0 aliphatic rings. The maximum atomic E-state index is 12.4. The van der Waals surface area contributed by atoms with E-state index in [2.05, 4.69) is 22.8 Å². The largest absolute Gasteiger partial charge is 0.423 e. The predicted octanol–water partition coefficient (Wildman–Crippen LogP) is 6.62. The van der Waals surface area contributed by atoms with Crippen molar-refractivity contribution in [3.63, 3.8) is 0 Å². The summed E-state index contributed by atoms with van der Waals surface area (Å²) in [7, 11) is 0. The number of nitrogens with zero attached hydrogens (tertiary/aromatic N) is 2. The number of rotatable bonds is 5. The lowest BCUT2D eigenvalue weighted by molar-refractivity contribution is 0.0735. The van der Waals surface area contributed by atoms with Crippen LogP contribution in [0.5, 0.6) is 5.75 Å². The molecule has 4 nitrogen and oxygen atoms in total. The van der Waals surface area contributed by atoms with Gasteiger partial charge in [-0.1, -0.05) is 60.1 Å². The fourth-order valence-corrected chi connectivity index (χ4v) is 3.87. The van der Waals surface area contributed by atoms with Crippen molar-refractivity contribution in [2.75, 3.05) is 0 Å². The van der Waals surface area contributed by atoms with Gasteiger partial charge in [-0.15, -0.1) is 0 Å². The van der Waals surface area contributed by atoms with E-state index in [1.807, 2.05) is 48.5 Å². The van der Waals surface area contributed by atoms with Gasteiger partial charge in [0.25, 0.3) is 0 Å². The number of imidazole rings is 1. The molecule has 0 aliphatic carbocycles. The lowest BCUT2D eigenvalue weighted by Gasteiger charge is -2.10. The van der Waals surface area contributed by atoms with E-state index >= 15 is 0 Å². The molecule has 156 valence electrons. The highest BCUT2D eigenvalue weighted by Gasteiger charge is 2.14. The number of hydrogen-bond donors (Lipinski definition) is 0. The Labute approximate surface area is 190 Å². The lowest BCUT2D eigenvalue weighted by atomic mass is 10.2. The SMILES string of the molecule is O=C(Oc1ccc(-c2nc3ccccc3n2Cc2ccccc2)cc1)c1cccc(Cl)c1. The standard InChI is InChI=1S/C27H19ClN2O2/c28-22-10-6-9-21(17-22)27(31)32-23-15-13-20(14-16-23)26-29-24-11-4-5-12-25(24)30(26)18-19-7-2-1-3-8-19/h1-17H,18H2. The molecule has 0 saturated carbocycles. The van der Waals surface area contributed by atoms with Crippen LogP contribution >= 0.6 is 11.6 Å². The molecule has 5 heteroatoms. The van der Waals surface area contributed by atoms with Gasteiger partial charge in [0.1, 0.15) is 11.6 Å². The molecule has 0 saturated heterocycles. The molecular weight excluding hydrogens is 420 g/mol. The molecule has 32 heavy (non-hydrogen) atoms. The van der Waals surface area contributed by atoms with Gasteiger partial charge in [0.15, 0.2) is 0 Å². The average Bonchev–Trinajstić information content (AvgIpc) is 3.18. The zero-order chi connectivity index (χ0) is 21.9.